The van der Waals surface area contributed by atoms with Crippen molar-refractivity contribution in [3.05, 3.63) is 52.4 Å². The van der Waals surface area contributed by atoms with E-state index in [9.17, 15) is 8.78 Å². The number of hydrogen-bond acceptors (Lipinski definition) is 3. The first-order valence-corrected chi connectivity index (χ1v) is 9.49. The number of H-pyrrole nitrogens is 1. The first kappa shape index (κ1) is 18.2. The van der Waals surface area contributed by atoms with Gasteiger partial charge in [-0.2, -0.15) is 0 Å². The highest BCUT2D eigenvalue weighted by atomic mass is 35.5. The molecule has 4 rings (SSSR count). The van der Waals surface area contributed by atoms with E-state index in [0.717, 1.165) is 29.4 Å². The zero-order valence-corrected chi connectivity index (χ0v) is 16.0. The van der Waals surface area contributed by atoms with Crippen LogP contribution in [0.3, 0.4) is 0 Å². The first-order valence-electron chi connectivity index (χ1n) is 9.11. The van der Waals surface area contributed by atoms with Gasteiger partial charge in [0.1, 0.15) is 5.69 Å². The molecule has 0 saturated heterocycles. The van der Waals surface area contributed by atoms with E-state index in [1.165, 1.54) is 17.8 Å². The largest absolute Gasteiger partial charge is 0.356 e. The molecule has 4 nitrogen and oxygen atoms in total. The summed E-state index contributed by atoms with van der Waals surface area (Å²) in [5.41, 5.74) is 3.16. The molecule has 7 heteroatoms. The van der Waals surface area contributed by atoms with Crippen molar-refractivity contribution in [2.75, 3.05) is 11.4 Å². The van der Waals surface area contributed by atoms with E-state index < -0.39 is 6.43 Å². The highest BCUT2D eigenvalue weighted by Gasteiger charge is 2.32. The van der Waals surface area contributed by atoms with Crippen LogP contribution in [0.2, 0.25) is 5.02 Å². The summed E-state index contributed by atoms with van der Waals surface area (Å²) < 4.78 is 26.2. The van der Waals surface area contributed by atoms with Crippen LogP contribution in [0.15, 0.2) is 30.5 Å². The molecular formula is C20H21ClF2N4. The quantitative estimate of drug-likeness (QED) is 0.621. The van der Waals surface area contributed by atoms with Gasteiger partial charge in [0.05, 0.1) is 6.04 Å². The number of hydrogen-bond donors (Lipinski definition) is 1. The normalized spacial score (nSPS) is 17.1. The smallest absolute Gasteiger partial charge is 0.280 e. The van der Waals surface area contributed by atoms with Crippen LogP contribution < -0.4 is 4.90 Å². The number of nitrogens with zero attached hydrogens (tertiary/aromatic N) is 3. The van der Waals surface area contributed by atoms with Gasteiger partial charge in [-0.05, 0) is 48.6 Å². The molecule has 0 bridgehead atoms. The Labute approximate surface area is 161 Å². The summed E-state index contributed by atoms with van der Waals surface area (Å²) in [5, 5.41) is 1.84. The minimum Gasteiger partial charge on any atom is -0.356 e. The minimum absolute atomic E-state index is 0.00727. The number of aromatic amines is 1. The van der Waals surface area contributed by atoms with Gasteiger partial charge >= 0.3 is 0 Å². The van der Waals surface area contributed by atoms with Gasteiger partial charge in [0.25, 0.3) is 6.43 Å². The van der Waals surface area contributed by atoms with Crippen LogP contribution in [0.5, 0.6) is 0 Å². The maximum absolute atomic E-state index is 13.1. The van der Waals surface area contributed by atoms with Gasteiger partial charge in [0.15, 0.2) is 0 Å². The number of alkyl halides is 2. The van der Waals surface area contributed by atoms with Crippen molar-refractivity contribution in [1.29, 1.82) is 0 Å². The zero-order valence-electron chi connectivity index (χ0n) is 15.2. The summed E-state index contributed by atoms with van der Waals surface area (Å²) in [4.78, 5) is 14.0. The Morgan fingerprint density at radius 2 is 2.11 bits per heavy atom. The third kappa shape index (κ3) is 3.38. The van der Waals surface area contributed by atoms with Crippen molar-refractivity contribution in [2.24, 2.45) is 5.92 Å². The average Bonchev–Trinajstić information content (AvgIpc) is 3.00. The van der Waals surface area contributed by atoms with Crippen LogP contribution in [0, 0.1) is 5.92 Å². The summed E-state index contributed by atoms with van der Waals surface area (Å²) >= 11 is 6.20. The number of aromatic nitrogens is 3. The summed E-state index contributed by atoms with van der Waals surface area (Å²) in [5.74, 6) is 0.789. The molecule has 0 fully saturated rings. The van der Waals surface area contributed by atoms with E-state index in [-0.39, 0.29) is 11.7 Å². The Morgan fingerprint density at radius 1 is 1.30 bits per heavy atom. The predicted octanol–water partition coefficient (Wildman–Crippen LogP) is 5.70. The highest BCUT2D eigenvalue weighted by molar-refractivity contribution is 6.31. The average molecular weight is 391 g/mol. The standard InChI is InChI=1S/C20H21ClF2N4/c1-11(2)9-17-18-13(14-10-12(21)3-4-15(14)25-18)6-8-27(17)20-24-7-5-16(26-20)19(22)23/h3-5,7,10-11,17,19,25H,6,8-9H2,1-2H3/t17-/m0/s1. The van der Waals surface area contributed by atoms with Crippen molar-refractivity contribution >= 4 is 28.5 Å². The maximum Gasteiger partial charge on any atom is 0.280 e. The Hall–Kier alpha value is -2.21. The molecule has 142 valence electrons. The van der Waals surface area contributed by atoms with Gasteiger partial charge in [-0.25, -0.2) is 18.7 Å². The summed E-state index contributed by atoms with van der Waals surface area (Å²) in [6.45, 7) is 4.99. The van der Waals surface area contributed by atoms with Gasteiger partial charge in [-0.3, -0.25) is 0 Å². The fourth-order valence-corrected chi connectivity index (χ4v) is 4.06. The lowest BCUT2D eigenvalue weighted by Crippen LogP contribution is -2.37. The van der Waals surface area contributed by atoms with Gasteiger partial charge in [0, 0.05) is 34.4 Å². The van der Waals surface area contributed by atoms with Gasteiger partial charge in [0.2, 0.25) is 5.95 Å². The molecule has 3 aromatic rings. The topological polar surface area (TPSA) is 44.8 Å². The molecule has 0 amide bonds. The van der Waals surface area contributed by atoms with E-state index in [2.05, 4.69) is 28.8 Å². The number of halogens is 3. The van der Waals surface area contributed by atoms with Crippen molar-refractivity contribution in [3.8, 4) is 0 Å². The van der Waals surface area contributed by atoms with Crippen LogP contribution in [-0.2, 0) is 6.42 Å². The lowest BCUT2D eigenvalue weighted by atomic mass is 9.92. The van der Waals surface area contributed by atoms with Crippen molar-refractivity contribution in [3.63, 3.8) is 0 Å². The Kier molecular flexibility index (Phi) is 4.76. The van der Waals surface area contributed by atoms with E-state index in [4.69, 9.17) is 11.6 Å². The molecule has 2 aromatic heterocycles. The second kappa shape index (κ2) is 7.08. The highest BCUT2D eigenvalue weighted by Crippen LogP contribution is 2.40. The lowest BCUT2D eigenvalue weighted by molar-refractivity contribution is 0.146. The van der Waals surface area contributed by atoms with Crippen LogP contribution in [0.4, 0.5) is 14.7 Å². The van der Waals surface area contributed by atoms with Crippen LogP contribution >= 0.6 is 11.6 Å². The first-order chi connectivity index (χ1) is 12.9. The molecule has 3 heterocycles. The summed E-state index contributed by atoms with van der Waals surface area (Å²) in [7, 11) is 0. The van der Waals surface area contributed by atoms with E-state index in [1.807, 2.05) is 23.1 Å². The maximum atomic E-state index is 13.1. The van der Waals surface area contributed by atoms with Crippen LogP contribution in [0.1, 0.15) is 49.7 Å². The van der Waals surface area contributed by atoms with Crippen molar-refractivity contribution in [1.82, 2.24) is 15.0 Å². The fourth-order valence-electron chi connectivity index (χ4n) is 3.89. The number of anilines is 1. The third-order valence-electron chi connectivity index (χ3n) is 5.05. The second-order valence-electron chi connectivity index (χ2n) is 7.38. The predicted molar refractivity (Wildman–Crippen MR) is 104 cm³/mol. The van der Waals surface area contributed by atoms with Crippen molar-refractivity contribution in [2.45, 2.75) is 39.2 Å². The molecule has 0 aliphatic carbocycles. The molecule has 0 radical (unpaired) electrons. The molecular weight excluding hydrogens is 370 g/mol. The SMILES string of the molecule is CC(C)C[C@H]1c2[nH]c3ccc(Cl)cc3c2CCN1c1nccc(C(F)F)n1. The van der Waals surface area contributed by atoms with Gasteiger partial charge in [-0.1, -0.05) is 25.4 Å². The Morgan fingerprint density at radius 3 is 2.85 bits per heavy atom. The number of fused-ring (bicyclic) bond motifs is 3. The Balaban J connectivity index is 1.80. The Bertz CT molecular complexity index is 970. The molecule has 1 aliphatic heterocycles. The minimum atomic E-state index is -2.61. The van der Waals surface area contributed by atoms with E-state index >= 15 is 0 Å². The number of benzene rings is 1. The van der Waals surface area contributed by atoms with Gasteiger partial charge < -0.3 is 9.88 Å². The van der Waals surface area contributed by atoms with Crippen LogP contribution in [-0.4, -0.2) is 21.5 Å². The molecule has 1 aromatic carbocycles. The molecule has 1 atom stereocenters. The lowest BCUT2D eigenvalue weighted by Gasteiger charge is -2.37. The number of nitrogens with one attached hydrogen (secondary N) is 1. The monoisotopic (exact) mass is 390 g/mol. The van der Waals surface area contributed by atoms with Crippen LogP contribution in [0.25, 0.3) is 10.9 Å². The molecule has 0 unspecified atom stereocenters. The van der Waals surface area contributed by atoms with Gasteiger partial charge in [-0.15, -0.1) is 0 Å². The molecule has 0 saturated carbocycles. The molecule has 0 spiro atoms. The zero-order chi connectivity index (χ0) is 19.1. The van der Waals surface area contributed by atoms with E-state index in [1.54, 1.807) is 0 Å². The molecule has 27 heavy (non-hydrogen) atoms. The fraction of sp³-hybridized carbons (Fsp3) is 0.400. The molecule has 1 N–H and O–H groups in total. The second-order valence-corrected chi connectivity index (χ2v) is 7.81. The number of rotatable bonds is 4. The van der Waals surface area contributed by atoms with E-state index in [0.29, 0.717) is 23.4 Å². The summed E-state index contributed by atoms with van der Waals surface area (Å²) in [6.07, 6.45) is 0.463. The third-order valence-corrected chi connectivity index (χ3v) is 5.29. The summed E-state index contributed by atoms with van der Waals surface area (Å²) in [6, 6.07) is 7.12. The van der Waals surface area contributed by atoms with Crippen molar-refractivity contribution < 1.29 is 8.78 Å². The molecule has 1 aliphatic rings.